The van der Waals surface area contributed by atoms with Crippen molar-refractivity contribution in [3.05, 3.63) is 35.4 Å². The van der Waals surface area contributed by atoms with Crippen LogP contribution in [-0.4, -0.2) is 23.3 Å². The maximum atomic E-state index is 3.51. The molecule has 0 saturated heterocycles. The number of fused-ring (bicyclic) bond motifs is 1. The van der Waals surface area contributed by atoms with Crippen LogP contribution in [0.4, 0.5) is 0 Å². The van der Waals surface area contributed by atoms with E-state index in [-0.39, 0.29) is 0 Å². The van der Waals surface area contributed by atoms with E-state index < -0.39 is 0 Å². The zero-order valence-corrected chi connectivity index (χ0v) is 9.96. The Morgan fingerprint density at radius 1 is 1.21 bits per heavy atom. The molecule has 1 aliphatic rings. The van der Waals surface area contributed by atoms with E-state index in [4.69, 9.17) is 0 Å². The second-order valence-corrected chi connectivity index (χ2v) is 4.63. The number of halogens is 1. The maximum Gasteiger partial charge on any atom is 0.0236 e. The Morgan fingerprint density at radius 3 is 2.79 bits per heavy atom. The third-order valence-corrected chi connectivity index (χ3v) is 3.19. The van der Waals surface area contributed by atoms with Crippen LogP contribution < -0.4 is 0 Å². The predicted molar refractivity (Wildman–Crippen MR) is 63.8 cm³/mol. The fraction of sp³-hybridized carbons (Fsp3) is 0.500. The van der Waals surface area contributed by atoms with Gasteiger partial charge in [0.15, 0.2) is 0 Å². The summed E-state index contributed by atoms with van der Waals surface area (Å²) in [5.41, 5.74) is 3.07. The predicted octanol–water partition coefficient (Wildman–Crippen LogP) is 2.83. The summed E-state index contributed by atoms with van der Waals surface area (Å²) in [4.78, 5) is 2.53. The summed E-state index contributed by atoms with van der Waals surface area (Å²) in [5.74, 6) is 0. The van der Waals surface area contributed by atoms with Crippen molar-refractivity contribution in [3.8, 4) is 0 Å². The first-order valence-electron chi connectivity index (χ1n) is 5.25. The van der Waals surface area contributed by atoms with E-state index in [9.17, 15) is 0 Å². The van der Waals surface area contributed by atoms with Gasteiger partial charge in [-0.2, -0.15) is 0 Å². The van der Waals surface area contributed by atoms with Crippen LogP contribution in [0.25, 0.3) is 0 Å². The molecule has 1 heterocycles. The number of aryl methyl sites for hydroxylation is 1. The Morgan fingerprint density at radius 2 is 2.00 bits per heavy atom. The molecule has 1 aromatic rings. The number of benzene rings is 1. The first-order chi connectivity index (χ1) is 6.90. The molecule has 0 unspecified atom stereocenters. The smallest absolute Gasteiger partial charge is 0.0236 e. The van der Waals surface area contributed by atoms with E-state index in [1.54, 1.807) is 5.56 Å². The van der Waals surface area contributed by atoms with Gasteiger partial charge in [-0.1, -0.05) is 40.2 Å². The number of hydrogen-bond acceptors (Lipinski definition) is 1. The second kappa shape index (κ2) is 4.94. The molecule has 2 heteroatoms. The van der Waals surface area contributed by atoms with E-state index >= 15 is 0 Å². The van der Waals surface area contributed by atoms with E-state index in [0.717, 1.165) is 18.4 Å². The number of rotatable bonds is 2. The molecule has 2 rings (SSSR count). The minimum Gasteiger partial charge on any atom is -0.298 e. The quantitative estimate of drug-likeness (QED) is 0.733. The monoisotopic (exact) mass is 253 g/mol. The minimum atomic E-state index is 1.08. The molecule has 0 aliphatic carbocycles. The fourth-order valence-corrected chi connectivity index (χ4v) is 2.58. The summed E-state index contributed by atoms with van der Waals surface area (Å²) in [6.07, 6.45) is 2.54. The van der Waals surface area contributed by atoms with E-state index in [1.807, 2.05) is 0 Å². The molecule has 1 aliphatic heterocycles. The number of nitrogens with zero attached hydrogens (tertiary/aromatic N) is 1. The van der Waals surface area contributed by atoms with Crippen LogP contribution in [0.2, 0.25) is 0 Å². The Hall–Kier alpha value is -0.340. The molecular weight excluding hydrogens is 238 g/mol. The summed E-state index contributed by atoms with van der Waals surface area (Å²) in [6.45, 7) is 3.52. The van der Waals surface area contributed by atoms with Crippen molar-refractivity contribution in [1.82, 2.24) is 4.90 Å². The molecule has 0 fully saturated rings. The third-order valence-electron chi connectivity index (χ3n) is 2.83. The molecule has 0 radical (unpaired) electrons. The standard InChI is InChI=1S/C12H16BrN/c13-7-9-14-8-3-6-11-4-1-2-5-12(11)10-14/h1-2,4-5H,3,6-10H2. The van der Waals surface area contributed by atoms with Crippen molar-refractivity contribution >= 4 is 15.9 Å². The molecule has 14 heavy (non-hydrogen) atoms. The topological polar surface area (TPSA) is 3.24 Å². The van der Waals surface area contributed by atoms with Crippen LogP contribution >= 0.6 is 15.9 Å². The molecular formula is C12H16BrN. The van der Waals surface area contributed by atoms with Gasteiger partial charge in [0.25, 0.3) is 0 Å². The summed E-state index contributed by atoms with van der Waals surface area (Å²) >= 11 is 3.51. The molecule has 0 saturated carbocycles. The van der Waals surface area contributed by atoms with Gasteiger partial charge < -0.3 is 0 Å². The van der Waals surface area contributed by atoms with E-state index in [2.05, 4.69) is 45.1 Å². The first-order valence-corrected chi connectivity index (χ1v) is 6.37. The molecule has 0 aromatic heterocycles. The minimum absolute atomic E-state index is 1.08. The van der Waals surface area contributed by atoms with Gasteiger partial charge in [-0.3, -0.25) is 4.90 Å². The first kappa shape index (κ1) is 10.2. The van der Waals surface area contributed by atoms with Crippen molar-refractivity contribution in [2.45, 2.75) is 19.4 Å². The van der Waals surface area contributed by atoms with Crippen LogP contribution in [0.1, 0.15) is 17.5 Å². The van der Waals surface area contributed by atoms with Crippen LogP contribution in [0.3, 0.4) is 0 Å². The average Bonchev–Trinajstić information content (AvgIpc) is 2.40. The van der Waals surface area contributed by atoms with Crippen LogP contribution in [0, 0.1) is 0 Å². The largest absolute Gasteiger partial charge is 0.298 e. The van der Waals surface area contributed by atoms with Crippen molar-refractivity contribution in [2.75, 3.05) is 18.4 Å². The molecule has 1 nitrogen and oxygen atoms in total. The van der Waals surface area contributed by atoms with Crippen molar-refractivity contribution in [2.24, 2.45) is 0 Å². The van der Waals surface area contributed by atoms with Crippen molar-refractivity contribution in [1.29, 1.82) is 0 Å². The maximum absolute atomic E-state index is 3.51. The molecule has 1 aromatic carbocycles. The lowest BCUT2D eigenvalue weighted by Gasteiger charge is -2.18. The third kappa shape index (κ3) is 2.37. The van der Waals surface area contributed by atoms with Gasteiger partial charge in [0.1, 0.15) is 0 Å². The lowest BCUT2D eigenvalue weighted by atomic mass is 10.0. The van der Waals surface area contributed by atoms with Gasteiger partial charge in [-0.25, -0.2) is 0 Å². The Kier molecular flexibility index (Phi) is 3.60. The Labute approximate surface area is 94.2 Å². The molecule has 76 valence electrons. The van der Waals surface area contributed by atoms with Crippen LogP contribution in [0.5, 0.6) is 0 Å². The fourth-order valence-electron chi connectivity index (χ4n) is 2.08. The van der Waals surface area contributed by atoms with Gasteiger partial charge in [-0.15, -0.1) is 0 Å². The zero-order chi connectivity index (χ0) is 9.80. The van der Waals surface area contributed by atoms with Gasteiger partial charge in [0.2, 0.25) is 0 Å². The summed E-state index contributed by atoms with van der Waals surface area (Å²) in [5, 5.41) is 1.08. The highest BCUT2D eigenvalue weighted by Crippen LogP contribution is 2.18. The molecule has 0 amide bonds. The Balaban J connectivity index is 2.14. The normalized spacial score (nSPS) is 17.5. The molecule has 0 spiro atoms. The SMILES string of the molecule is BrCCN1CCCc2ccccc2C1. The van der Waals surface area contributed by atoms with Crippen molar-refractivity contribution < 1.29 is 0 Å². The molecule has 0 N–H and O–H groups in total. The summed E-state index contributed by atoms with van der Waals surface area (Å²) in [6, 6.07) is 8.84. The second-order valence-electron chi connectivity index (χ2n) is 3.84. The van der Waals surface area contributed by atoms with Gasteiger partial charge in [0, 0.05) is 18.4 Å². The summed E-state index contributed by atoms with van der Waals surface area (Å²) < 4.78 is 0. The van der Waals surface area contributed by atoms with Crippen molar-refractivity contribution in [3.63, 3.8) is 0 Å². The van der Waals surface area contributed by atoms with Gasteiger partial charge in [0.05, 0.1) is 0 Å². The van der Waals surface area contributed by atoms with E-state index in [0.29, 0.717) is 0 Å². The highest BCUT2D eigenvalue weighted by atomic mass is 79.9. The van der Waals surface area contributed by atoms with Crippen LogP contribution in [0.15, 0.2) is 24.3 Å². The van der Waals surface area contributed by atoms with Gasteiger partial charge in [-0.05, 0) is 30.5 Å². The lowest BCUT2D eigenvalue weighted by Crippen LogP contribution is -2.25. The van der Waals surface area contributed by atoms with Gasteiger partial charge >= 0.3 is 0 Å². The molecule has 0 atom stereocenters. The average molecular weight is 254 g/mol. The highest BCUT2D eigenvalue weighted by molar-refractivity contribution is 9.09. The molecule has 0 bridgehead atoms. The van der Waals surface area contributed by atoms with Crippen LogP contribution in [-0.2, 0) is 13.0 Å². The number of hydrogen-bond donors (Lipinski definition) is 0. The van der Waals surface area contributed by atoms with E-state index in [1.165, 1.54) is 24.9 Å². The zero-order valence-electron chi connectivity index (χ0n) is 8.38. The highest BCUT2D eigenvalue weighted by Gasteiger charge is 2.12. The lowest BCUT2D eigenvalue weighted by molar-refractivity contribution is 0.288. The number of alkyl halides is 1. The Bertz CT molecular complexity index is 298. The summed E-state index contributed by atoms with van der Waals surface area (Å²) in [7, 11) is 0.